The van der Waals surface area contributed by atoms with Gasteiger partial charge in [0.25, 0.3) is 0 Å². The Morgan fingerprint density at radius 1 is 0.958 bits per heavy atom. The van der Waals surface area contributed by atoms with E-state index >= 15 is 0 Å². The van der Waals surface area contributed by atoms with Crippen molar-refractivity contribution in [1.82, 2.24) is 0 Å². The van der Waals surface area contributed by atoms with E-state index in [2.05, 4.69) is 53.3 Å². The molecule has 24 heavy (non-hydrogen) atoms. The molecule has 7 nitrogen and oxygen atoms in total. The van der Waals surface area contributed by atoms with Crippen LogP contribution in [0, 0.1) is 24.1 Å². The van der Waals surface area contributed by atoms with Crippen molar-refractivity contribution in [3.8, 4) is 0 Å². The maximum atomic E-state index is 8.49. The van der Waals surface area contributed by atoms with E-state index in [0.717, 1.165) is 11.3 Å². The van der Waals surface area contributed by atoms with Crippen LogP contribution in [0.25, 0.3) is 0 Å². The van der Waals surface area contributed by atoms with Gasteiger partial charge in [-0.3, -0.25) is 0 Å². The molecular weight excluding hydrogens is 334 g/mol. The van der Waals surface area contributed by atoms with E-state index in [1.165, 1.54) is 11.3 Å². The highest BCUT2D eigenvalue weighted by atomic mass is 35.7. The first-order chi connectivity index (χ1) is 11.1. The highest BCUT2D eigenvalue weighted by Crippen LogP contribution is 2.10. The quantitative estimate of drug-likeness (QED) is 0.458. The third-order valence-corrected chi connectivity index (χ3v) is 3.02. The second-order valence-electron chi connectivity index (χ2n) is 5.30. The molecule has 0 aliphatic heterocycles. The van der Waals surface area contributed by atoms with Crippen molar-refractivity contribution in [3.63, 3.8) is 0 Å². The first-order valence-corrected chi connectivity index (χ1v) is 8.22. The Kier molecular flexibility index (Phi) is 7.27. The van der Waals surface area contributed by atoms with E-state index in [-0.39, 0.29) is 0 Å². The van der Waals surface area contributed by atoms with Crippen molar-refractivity contribution in [1.29, 1.82) is 0 Å². The van der Waals surface area contributed by atoms with E-state index in [9.17, 15) is 0 Å². The maximum Gasteiger partial charge on any atom is 0.211 e. The fraction of sp³-hybridized carbons (Fsp3) is 0.250. The molecule has 1 aromatic heterocycles. The van der Waals surface area contributed by atoms with E-state index in [1.54, 1.807) is 0 Å². The molecule has 0 N–H and O–H groups in total. The zero-order valence-corrected chi connectivity index (χ0v) is 14.7. The number of pyridine rings is 1. The monoisotopic (exact) mass is 353 g/mol. The molecule has 2 aromatic rings. The van der Waals surface area contributed by atoms with Crippen LogP contribution < -0.4 is 28.2 Å². The molecule has 1 aromatic carbocycles. The fourth-order valence-electron chi connectivity index (χ4n) is 1.78. The van der Waals surface area contributed by atoms with Gasteiger partial charge in [-0.15, -0.1) is 10.2 Å². The number of aryl methyl sites for hydroxylation is 2. The Bertz CT molecular complexity index is 677. The molecule has 0 atom stereocenters. The van der Waals surface area contributed by atoms with Gasteiger partial charge in [0.15, 0.2) is 0 Å². The lowest BCUT2D eigenvalue weighted by Gasteiger charge is -2.17. The van der Waals surface area contributed by atoms with Crippen LogP contribution in [-0.2, 0) is 0 Å². The number of aromatic nitrogens is 1. The average Bonchev–Trinajstić information content (AvgIpc) is 2.47. The lowest BCUT2D eigenvalue weighted by Crippen LogP contribution is -2.68. The average molecular weight is 354 g/mol. The van der Waals surface area contributed by atoms with Crippen LogP contribution in [0.3, 0.4) is 0 Å². The molecule has 0 unspecified atom stereocenters. The summed E-state index contributed by atoms with van der Waals surface area (Å²) in [4.78, 5) is 2.08. The highest BCUT2D eigenvalue weighted by molar-refractivity contribution is 5.79. The summed E-state index contributed by atoms with van der Waals surface area (Å²) in [6, 6.07) is 12.5. The Morgan fingerprint density at radius 2 is 1.50 bits per heavy atom. The SMILES string of the molecule is Cc1ccc(C)[n+](N=Cc2ccc(N(C)C)cc2)c1.[O-][Cl+3]([O-])([O-])[O-]. The predicted octanol–water partition coefficient (Wildman–Crippen LogP) is -2.22. The lowest BCUT2D eigenvalue weighted by atomic mass is 10.2. The normalized spacial score (nSPS) is 11.2. The zero-order valence-electron chi connectivity index (χ0n) is 14.0. The van der Waals surface area contributed by atoms with Crippen LogP contribution in [0.2, 0.25) is 0 Å². The maximum absolute atomic E-state index is 8.49. The fourth-order valence-corrected chi connectivity index (χ4v) is 1.78. The number of halogens is 1. The molecule has 8 heteroatoms. The molecule has 0 aliphatic carbocycles. The largest absolute Gasteiger partial charge is 0.378 e. The molecular formula is C16H20ClN3O4. The first kappa shape index (κ1) is 20.0. The van der Waals surface area contributed by atoms with E-state index in [4.69, 9.17) is 18.6 Å². The Hall–Kier alpha value is -2.03. The third kappa shape index (κ3) is 8.00. The minimum Gasteiger partial charge on any atom is -0.378 e. The van der Waals surface area contributed by atoms with Gasteiger partial charge in [0.05, 0.1) is 0 Å². The van der Waals surface area contributed by atoms with E-state index in [0.29, 0.717) is 0 Å². The summed E-state index contributed by atoms with van der Waals surface area (Å²) >= 11 is 0. The molecule has 0 saturated heterocycles. The summed E-state index contributed by atoms with van der Waals surface area (Å²) in [6.07, 6.45) is 3.91. The van der Waals surface area contributed by atoms with Crippen molar-refractivity contribution in [2.75, 3.05) is 19.0 Å². The minimum atomic E-state index is -4.94. The third-order valence-electron chi connectivity index (χ3n) is 3.02. The molecule has 0 aliphatic rings. The Morgan fingerprint density at radius 3 is 2.00 bits per heavy atom. The van der Waals surface area contributed by atoms with Gasteiger partial charge >= 0.3 is 0 Å². The Labute approximate surface area is 143 Å². The lowest BCUT2D eigenvalue weighted by molar-refractivity contribution is -2.00. The standard InChI is InChI=1S/C16H20N3.ClHO4/c1-13-5-6-14(2)19(12-13)17-11-15-7-9-16(10-8-15)18(3)4;2-1(3,4)5/h5-12H,1-4H3;(H,2,3,4,5)/q+1;/p-1. The number of hydrogen-bond acceptors (Lipinski definition) is 6. The van der Waals surface area contributed by atoms with Crippen molar-refractivity contribution in [3.05, 3.63) is 59.4 Å². The summed E-state index contributed by atoms with van der Waals surface area (Å²) in [7, 11) is -0.871. The van der Waals surface area contributed by atoms with Crippen molar-refractivity contribution in [2.45, 2.75) is 13.8 Å². The highest BCUT2D eigenvalue weighted by Gasteiger charge is 2.04. The van der Waals surface area contributed by atoms with Crippen LogP contribution in [0.15, 0.2) is 47.7 Å². The molecule has 0 spiro atoms. The zero-order chi connectivity index (χ0) is 18.3. The first-order valence-electron chi connectivity index (χ1n) is 6.98. The van der Waals surface area contributed by atoms with Gasteiger partial charge in [-0.2, -0.15) is 0 Å². The number of rotatable bonds is 3. The number of benzene rings is 1. The topological polar surface area (TPSA) is 112 Å². The molecule has 130 valence electrons. The van der Waals surface area contributed by atoms with Crippen molar-refractivity contribution >= 4 is 11.9 Å². The van der Waals surface area contributed by atoms with Gasteiger partial charge in [-0.25, -0.2) is 18.6 Å². The second kappa shape index (κ2) is 8.72. The second-order valence-corrected chi connectivity index (χ2v) is 6.06. The van der Waals surface area contributed by atoms with Crippen LogP contribution in [0.4, 0.5) is 5.69 Å². The summed E-state index contributed by atoms with van der Waals surface area (Å²) in [5.41, 5.74) is 4.60. The summed E-state index contributed by atoms with van der Waals surface area (Å²) in [5, 5.41) is 4.49. The number of hydrogen-bond donors (Lipinski definition) is 0. The summed E-state index contributed by atoms with van der Waals surface area (Å²) in [5.74, 6) is 0. The van der Waals surface area contributed by atoms with Gasteiger partial charge in [-0.1, -0.05) is 16.8 Å². The van der Waals surface area contributed by atoms with E-state index < -0.39 is 10.2 Å². The summed E-state index contributed by atoms with van der Waals surface area (Å²) < 4.78 is 35.9. The van der Waals surface area contributed by atoms with Crippen molar-refractivity contribution < 1.29 is 33.6 Å². The molecule has 1 heterocycles. The molecule has 2 rings (SSSR count). The van der Waals surface area contributed by atoms with Gasteiger partial charge in [0.2, 0.25) is 11.9 Å². The predicted molar refractivity (Wildman–Crippen MR) is 79.9 cm³/mol. The number of anilines is 1. The molecule has 0 saturated carbocycles. The minimum absolute atomic E-state index is 1.10. The van der Waals surface area contributed by atoms with Crippen LogP contribution >= 0.6 is 0 Å². The van der Waals surface area contributed by atoms with Gasteiger partial charge in [0.1, 0.15) is 6.21 Å². The van der Waals surface area contributed by atoms with Crippen LogP contribution in [-0.4, -0.2) is 20.3 Å². The van der Waals surface area contributed by atoms with E-state index in [1.807, 2.05) is 38.1 Å². The molecule has 0 fully saturated rings. The van der Waals surface area contributed by atoms with Crippen molar-refractivity contribution in [2.24, 2.45) is 5.10 Å². The van der Waals surface area contributed by atoms with Gasteiger partial charge < -0.3 is 4.90 Å². The van der Waals surface area contributed by atoms with Gasteiger partial charge in [-0.05, 0) is 35.8 Å². The Balaban J connectivity index is 0.000000505. The molecule has 0 amide bonds. The number of nitrogens with zero attached hydrogens (tertiary/aromatic N) is 3. The molecule has 0 bridgehead atoms. The summed E-state index contributed by atoms with van der Waals surface area (Å²) in [6.45, 7) is 4.11. The van der Waals surface area contributed by atoms with Gasteiger partial charge in [0, 0.05) is 38.3 Å². The van der Waals surface area contributed by atoms with Crippen LogP contribution in [0.5, 0.6) is 0 Å². The van der Waals surface area contributed by atoms with Crippen LogP contribution in [0.1, 0.15) is 16.8 Å². The smallest absolute Gasteiger partial charge is 0.211 e. The molecule has 0 radical (unpaired) electrons.